The summed E-state index contributed by atoms with van der Waals surface area (Å²) >= 11 is 0. The van der Waals surface area contributed by atoms with E-state index in [9.17, 15) is 5.11 Å². The molecule has 0 amide bonds. The number of rotatable bonds is 4. The van der Waals surface area contributed by atoms with Crippen LogP contribution in [0.4, 0.5) is 0 Å². The smallest absolute Gasteiger partial charge is 0.0699 e. The summed E-state index contributed by atoms with van der Waals surface area (Å²) in [7, 11) is 0. The van der Waals surface area contributed by atoms with E-state index in [0.29, 0.717) is 0 Å². The molecule has 2 nitrogen and oxygen atoms in total. The molecule has 1 aromatic rings. The van der Waals surface area contributed by atoms with Gasteiger partial charge in [0.2, 0.25) is 0 Å². The van der Waals surface area contributed by atoms with E-state index in [0.717, 1.165) is 32.4 Å². The van der Waals surface area contributed by atoms with E-state index in [1.54, 1.807) is 0 Å². The molecule has 1 saturated heterocycles. The average molecular weight is 231 g/mol. The Balaban J connectivity index is 2.04. The predicted octanol–water partition coefficient (Wildman–Crippen LogP) is 2.59. The van der Waals surface area contributed by atoms with Gasteiger partial charge in [0, 0.05) is 12.6 Å². The summed E-state index contributed by atoms with van der Waals surface area (Å²) in [6.45, 7) is 5.79. The zero-order chi connectivity index (χ0) is 12.1. The quantitative estimate of drug-likeness (QED) is 0.805. The molecule has 1 N–H and O–H groups in total. The molecule has 92 valence electrons. The van der Waals surface area contributed by atoms with Crippen LogP contribution in [-0.2, 0) is 6.54 Å². The average Bonchev–Trinajstić information content (AvgIpc) is 2.35. The van der Waals surface area contributed by atoms with Crippen LogP contribution in [0, 0.1) is 0 Å². The summed E-state index contributed by atoms with van der Waals surface area (Å²) in [6.07, 6.45) is 4.59. The maximum Gasteiger partial charge on any atom is 0.0699 e. The van der Waals surface area contributed by atoms with Gasteiger partial charge >= 0.3 is 0 Å². The second kappa shape index (κ2) is 5.99. The Hall–Kier alpha value is -1.12. The Labute approximate surface area is 104 Å². The number of aliphatic hydroxyl groups excluding tert-OH is 1. The lowest BCUT2D eigenvalue weighted by Gasteiger charge is -2.38. The van der Waals surface area contributed by atoms with Crippen molar-refractivity contribution in [1.82, 2.24) is 4.90 Å². The fraction of sp³-hybridized carbons (Fsp3) is 0.467. The van der Waals surface area contributed by atoms with Crippen molar-refractivity contribution < 1.29 is 5.11 Å². The van der Waals surface area contributed by atoms with Crippen LogP contribution >= 0.6 is 0 Å². The lowest BCUT2D eigenvalue weighted by Crippen LogP contribution is -2.47. The number of hydrogen-bond acceptors (Lipinski definition) is 2. The van der Waals surface area contributed by atoms with Gasteiger partial charge in [-0.2, -0.15) is 0 Å². The normalized spacial score (nSPS) is 25.7. The molecule has 0 aromatic heterocycles. The third-order valence-corrected chi connectivity index (χ3v) is 3.50. The van der Waals surface area contributed by atoms with Crippen molar-refractivity contribution in [3.8, 4) is 0 Å². The second-order valence-corrected chi connectivity index (χ2v) is 4.76. The molecule has 0 spiro atoms. The number of hydrogen-bond donors (Lipinski definition) is 1. The van der Waals surface area contributed by atoms with Gasteiger partial charge in [-0.1, -0.05) is 36.4 Å². The van der Waals surface area contributed by atoms with Crippen molar-refractivity contribution in [2.45, 2.75) is 38.0 Å². The van der Waals surface area contributed by atoms with Crippen LogP contribution in [0.25, 0.3) is 0 Å². The van der Waals surface area contributed by atoms with Gasteiger partial charge in [-0.15, -0.1) is 6.58 Å². The van der Waals surface area contributed by atoms with E-state index < -0.39 is 0 Å². The molecule has 1 aliphatic heterocycles. The van der Waals surface area contributed by atoms with Crippen LogP contribution < -0.4 is 0 Å². The summed E-state index contributed by atoms with van der Waals surface area (Å²) in [5.74, 6) is 0. The minimum atomic E-state index is -0.203. The van der Waals surface area contributed by atoms with Gasteiger partial charge in [-0.3, -0.25) is 4.90 Å². The second-order valence-electron chi connectivity index (χ2n) is 4.76. The zero-order valence-electron chi connectivity index (χ0n) is 10.3. The highest BCUT2D eigenvalue weighted by molar-refractivity contribution is 5.15. The molecule has 2 atom stereocenters. The Bertz CT molecular complexity index is 349. The first-order chi connectivity index (χ1) is 8.31. The fourth-order valence-electron chi connectivity index (χ4n) is 2.60. The van der Waals surface area contributed by atoms with Gasteiger partial charge < -0.3 is 5.11 Å². The first-order valence-corrected chi connectivity index (χ1v) is 6.38. The van der Waals surface area contributed by atoms with E-state index in [2.05, 4.69) is 35.7 Å². The van der Waals surface area contributed by atoms with E-state index in [4.69, 9.17) is 0 Å². The third-order valence-electron chi connectivity index (χ3n) is 3.50. The molecule has 17 heavy (non-hydrogen) atoms. The number of aliphatic hydroxyl groups is 1. The Kier molecular flexibility index (Phi) is 4.35. The molecule has 2 heteroatoms. The van der Waals surface area contributed by atoms with Crippen LogP contribution in [0.1, 0.15) is 24.8 Å². The maximum atomic E-state index is 10.1. The Morgan fingerprint density at radius 2 is 2.12 bits per heavy atom. The molecule has 1 heterocycles. The summed E-state index contributed by atoms with van der Waals surface area (Å²) in [5.41, 5.74) is 1.32. The van der Waals surface area contributed by atoms with E-state index in [1.165, 1.54) is 5.56 Å². The van der Waals surface area contributed by atoms with Crippen molar-refractivity contribution in [3.63, 3.8) is 0 Å². The molecule has 2 rings (SSSR count). The van der Waals surface area contributed by atoms with Crippen LogP contribution in [0.2, 0.25) is 0 Å². The molecule has 0 unspecified atom stereocenters. The Morgan fingerprint density at radius 3 is 2.82 bits per heavy atom. The molecule has 0 aliphatic carbocycles. The van der Waals surface area contributed by atoms with Gasteiger partial charge in [-0.25, -0.2) is 0 Å². The molecule has 0 bridgehead atoms. The van der Waals surface area contributed by atoms with Gasteiger partial charge in [-0.05, 0) is 31.4 Å². The van der Waals surface area contributed by atoms with Crippen LogP contribution in [0.15, 0.2) is 43.0 Å². The van der Waals surface area contributed by atoms with E-state index in [1.807, 2.05) is 12.1 Å². The standard InChI is InChI=1S/C15H21NO/c1-2-7-14-15(17)10-6-11-16(14)12-13-8-4-3-5-9-13/h2-5,8-9,14-15,17H,1,6-7,10-12H2/t14-,15-/m0/s1. The van der Waals surface area contributed by atoms with Gasteiger partial charge in [0.15, 0.2) is 0 Å². The molecule has 0 radical (unpaired) electrons. The van der Waals surface area contributed by atoms with Crippen molar-refractivity contribution in [2.24, 2.45) is 0 Å². The third kappa shape index (κ3) is 3.18. The molecule has 1 aromatic carbocycles. The van der Waals surface area contributed by atoms with Crippen molar-refractivity contribution >= 4 is 0 Å². The highest BCUT2D eigenvalue weighted by Crippen LogP contribution is 2.22. The number of nitrogens with zero attached hydrogens (tertiary/aromatic N) is 1. The molecule has 1 fully saturated rings. The van der Waals surface area contributed by atoms with E-state index in [-0.39, 0.29) is 12.1 Å². The molecule has 1 aliphatic rings. The molecular weight excluding hydrogens is 210 g/mol. The summed E-state index contributed by atoms with van der Waals surface area (Å²) in [5, 5.41) is 10.1. The largest absolute Gasteiger partial charge is 0.391 e. The summed E-state index contributed by atoms with van der Waals surface area (Å²) < 4.78 is 0. The summed E-state index contributed by atoms with van der Waals surface area (Å²) in [6, 6.07) is 10.7. The first-order valence-electron chi connectivity index (χ1n) is 6.38. The van der Waals surface area contributed by atoms with Crippen molar-refractivity contribution in [3.05, 3.63) is 48.6 Å². The lowest BCUT2D eigenvalue weighted by molar-refractivity contribution is 0.00804. The van der Waals surface area contributed by atoms with E-state index >= 15 is 0 Å². The summed E-state index contributed by atoms with van der Waals surface area (Å²) in [4.78, 5) is 2.38. The number of likely N-dealkylation sites (tertiary alicyclic amines) is 1. The zero-order valence-corrected chi connectivity index (χ0v) is 10.3. The number of benzene rings is 1. The van der Waals surface area contributed by atoms with Gasteiger partial charge in [0.25, 0.3) is 0 Å². The van der Waals surface area contributed by atoms with Gasteiger partial charge in [0.05, 0.1) is 6.10 Å². The lowest BCUT2D eigenvalue weighted by atomic mass is 9.95. The predicted molar refractivity (Wildman–Crippen MR) is 70.7 cm³/mol. The Morgan fingerprint density at radius 1 is 1.35 bits per heavy atom. The fourth-order valence-corrected chi connectivity index (χ4v) is 2.60. The maximum absolute atomic E-state index is 10.1. The van der Waals surface area contributed by atoms with Crippen molar-refractivity contribution in [1.29, 1.82) is 0 Å². The molecule has 0 saturated carbocycles. The minimum absolute atomic E-state index is 0.203. The SMILES string of the molecule is C=CC[C@H]1[C@@H](O)CCCN1Cc1ccccc1. The number of piperidine rings is 1. The topological polar surface area (TPSA) is 23.5 Å². The highest BCUT2D eigenvalue weighted by atomic mass is 16.3. The molecular formula is C15H21NO. The highest BCUT2D eigenvalue weighted by Gasteiger charge is 2.28. The van der Waals surface area contributed by atoms with Gasteiger partial charge in [0.1, 0.15) is 0 Å². The van der Waals surface area contributed by atoms with Crippen molar-refractivity contribution in [2.75, 3.05) is 6.54 Å². The first kappa shape index (κ1) is 12.3. The van der Waals surface area contributed by atoms with Crippen LogP contribution in [-0.4, -0.2) is 28.7 Å². The minimum Gasteiger partial charge on any atom is -0.391 e. The van der Waals surface area contributed by atoms with Crippen LogP contribution in [0.5, 0.6) is 0 Å². The monoisotopic (exact) mass is 231 g/mol. The van der Waals surface area contributed by atoms with Crippen LogP contribution in [0.3, 0.4) is 0 Å².